The van der Waals surface area contributed by atoms with E-state index >= 15 is 0 Å². The van der Waals surface area contributed by atoms with E-state index in [2.05, 4.69) is 96.3 Å². The number of hydrogen-bond donors (Lipinski definition) is 3. The molecule has 4 rings (SSSR count). The van der Waals surface area contributed by atoms with Crippen molar-refractivity contribution >= 4 is 0 Å². The van der Waals surface area contributed by atoms with Crippen LogP contribution < -0.4 is 16.8 Å². The van der Waals surface area contributed by atoms with Gasteiger partial charge in [0.1, 0.15) is 0 Å². The molecule has 1 aliphatic rings. The molecule has 0 aromatic heterocycles. The minimum atomic E-state index is -0.453. The zero-order chi connectivity index (χ0) is 19.4. The minimum absolute atomic E-state index is 0.140. The number of nitrogens with two attached hydrogens (primary N) is 2. The van der Waals surface area contributed by atoms with E-state index in [1.165, 1.54) is 16.7 Å². The highest BCUT2D eigenvalue weighted by Crippen LogP contribution is 2.38. The van der Waals surface area contributed by atoms with Gasteiger partial charge in [-0.05, 0) is 36.0 Å². The van der Waals surface area contributed by atoms with Gasteiger partial charge in [0.25, 0.3) is 0 Å². The van der Waals surface area contributed by atoms with Gasteiger partial charge in [0, 0.05) is 18.1 Å². The smallest absolute Gasteiger partial charge is 0.0950 e. The summed E-state index contributed by atoms with van der Waals surface area (Å²) in [4.78, 5) is 0. The van der Waals surface area contributed by atoms with Crippen LogP contribution in [0.3, 0.4) is 0 Å². The van der Waals surface area contributed by atoms with Crippen molar-refractivity contribution in [3.05, 3.63) is 108 Å². The summed E-state index contributed by atoms with van der Waals surface area (Å²) in [7, 11) is 0. The third kappa shape index (κ3) is 3.74. The van der Waals surface area contributed by atoms with Gasteiger partial charge in [0.2, 0.25) is 0 Å². The average molecular weight is 372 g/mol. The van der Waals surface area contributed by atoms with Crippen molar-refractivity contribution < 1.29 is 0 Å². The zero-order valence-electron chi connectivity index (χ0n) is 16.2. The van der Waals surface area contributed by atoms with Gasteiger partial charge in [-0.3, -0.25) is 5.32 Å². The molecular formula is C25H29N3. The Kier molecular flexibility index (Phi) is 5.58. The fourth-order valence-electron chi connectivity index (χ4n) is 4.65. The third-order valence-corrected chi connectivity index (χ3v) is 5.82. The highest BCUT2D eigenvalue weighted by Gasteiger charge is 2.39. The van der Waals surface area contributed by atoms with Gasteiger partial charge in [0.05, 0.1) is 5.54 Å². The quantitative estimate of drug-likeness (QED) is 0.598. The van der Waals surface area contributed by atoms with Gasteiger partial charge >= 0.3 is 0 Å². The van der Waals surface area contributed by atoms with Crippen molar-refractivity contribution in [2.24, 2.45) is 11.5 Å². The first kappa shape index (κ1) is 18.9. The fraction of sp³-hybridized carbons (Fsp3) is 0.280. The Hall–Kier alpha value is -2.46. The fourth-order valence-corrected chi connectivity index (χ4v) is 4.65. The van der Waals surface area contributed by atoms with Crippen LogP contribution in [0.15, 0.2) is 91.0 Å². The normalized spacial score (nSPS) is 22.7. The lowest BCUT2D eigenvalue weighted by Gasteiger charge is -2.43. The Morgan fingerprint density at radius 2 is 0.929 bits per heavy atom. The second kappa shape index (κ2) is 8.27. The van der Waals surface area contributed by atoms with Crippen LogP contribution in [0.4, 0.5) is 0 Å². The van der Waals surface area contributed by atoms with Gasteiger partial charge < -0.3 is 11.5 Å². The summed E-state index contributed by atoms with van der Waals surface area (Å²) in [6, 6.07) is 32.6. The van der Waals surface area contributed by atoms with Gasteiger partial charge in [-0.15, -0.1) is 0 Å². The van der Waals surface area contributed by atoms with E-state index in [0.29, 0.717) is 0 Å². The predicted octanol–water partition coefficient (Wildman–Crippen LogP) is 3.78. The van der Waals surface area contributed by atoms with Crippen LogP contribution in [0.25, 0.3) is 0 Å². The van der Waals surface area contributed by atoms with E-state index in [-0.39, 0.29) is 18.1 Å². The number of hydrogen-bond acceptors (Lipinski definition) is 3. The second-order valence-electron chi connectivity index (χ2n) is 7.92. The molecule has 144 valence electrons. The van der Waals surface area contributed by atoms with Crippen molar-refractivity contribution in [2.75, 3.05) is 0 Å². The summed E-state index contributed by atoms with van der Waals surface area (Å²) in [5.41, 5.74) is 15.9. The van der Waals surface area contributed by atoms with E-state index in [4.69, 9.17) is 11.5 Å². The van der Waals surface area contributed by atoms with Crippen LogP contribution in [0.2, 0.25) is 0 Å². The minimum Gasteiger partial charge on any atom is -0.328 e. The number of nitrogens with one attached hydrogen (secondary N) is 1. The molecule has 0 heterocycles. The second-order valence-corrected chi connectivity index (χ2v) is 7.92. The first-order valence-corrected chi connectivity index (χ1v) is 10.1. The van der Waals surface area contributed by atoms with Crippen molar-refractivity contribution in [1.29, 1.82) is 0 Å². The van der Waals surface area contributed by atoms with E-state index in [0.717, 1.165) is 19.3 Å². The Morgan fingerprint density at radius 1 is 0.571 bits per heavy atom. The van der Waals surface area contributed by atoms with Gasteiger partial charge in [-0.1, -0.05) is 91.0 Å². The molecule has 0 bridgehead atoms. The summed E-state index contributed by atoms with van der Waals surface area (Å²) in [6.07, 6.45) is 2.76. The monoisotopic (exact) mass is 371 g/mol. The van der Waals surface area contributed by atoms with Crippen molar-refractivity contribution in [1.82, 2.24) is 5.32 Å². The van der Waals surface area contributed by atoms with Crippen molar-refractivity contribution in [3.63, 3.8) is 0 Å². The van der Waals surface area contributed by atoms with Crippen LogP contribution in [0, 0.1) is 0 Å². The average Bonchev–Trinajstić information content (AvgIpc) is 2.73. The van der Waals surface area contributed by atoms with Crippen molar-refractivity contribution in [2.45, 2.75) is 42.9 Å². The molecule has 3 aromatic carbocycles. The maximum Gasteiger partial charge on any atom is 0.0950 e. The molecule has 1 fully saturated rings. The molecule has 0 radical (unpaired) electrons. The van der Waals surface area contributed by atoms with Gasteiger partial charge in [-0.2, -0.15) is 0 Å². The van der Waals surface area contributed by atoms with E-state index in [1.807, 2.05) is 0 Å². The summed E-state index contributed by atoms with van der Waals surface area (Å²) < 4.78 is 0. The van der Waals surface area contributed by atoms with Gasteiger partial charge in [-0.25, -0.2) is 0 Å². The maximum atomic E-state index is 6.33. The third-order valence-electron chi connectivity index (χ3n) is 5.82. The number of rotatable bonds is 5. The Morgan fingerprint density at radius 3 is 1.29 bits per heavy atom. The lowest BCUT2D eigenvalue weighted by molar-refractivity contribution is 0.270. The van der Waals surface area contributed by atoms with Crippen LogP contribution in [0.1, 0.15) is 36.0 Å². The Balaban J connectivity index is 1.88. The first-order valence-electron chi connectivity index (χ1n) is 10.1. The molecule has 3 atom stereocenters. The van der Waals surface area contributed by atoms with Crippen LogP contribution in [-0.2, 0) is 5.54 Å². The highest BCUT2D eigenvalue weighted by atomic mass is 15.0. The lowest BCUT2D eigenvalue weighted by Crippen LogP contribution is -2.55. The molecular weight excluding hydrogens is 342 g/mol. The standard InChI is InChI=1S/C25H29N3/c26-22-16-23(27)18-24(17-22)28-25(19-10-4-1-5-11-19,20-12-6-2-7-13-20)21-14-8-3-9-15-21/h1-15,22-24,28H,16-18,26-27H2/t22-,23+,24?. The SMILES string of the molecule is N[C@@H]1CC(NC(c2ccccc2)(c2ccccc2)c2ccccc2)C[C@H](N)C1. The molecule has 3 aromatic rings. The molecule has 1 unspecified atom stereocenters. The molecule has 0 saturated heterocycles. The topological polar surface area (TPSA) is 64.1 Å². The Labute approximate surface area is 167 Å². The van der Waals surface area contributed by atoms with Crippen molar-refractivity contribution in [3.8, 4) is 0 Å². The van der Waals surface area contributed by atoms with E-state index in [9.17, 15) is 0 Å². The molecule has 0 aliphatic heterocycles. The summed E-state index contributed by atoms with van der Waals surface area (Å²) in [6.45, 7) is 0. The lowest BCUT2D eigenvalue weighted by atomic mass is 9.75. The summed E-state index contributed by atoms with van der Waals surface area (Å²) >= 11 is 0. The molecule has 28 heavy (non-hydrogen) atoms. The summed E-state index contributed by atoms with van der Waals surface area (Å²) in [5, 5.41) is 4.02. The predicted molar refractivity (Wildman–Crippen MR) is 116 cm³/mol. The van der Waals surface area contributed by atoms with Gasteiger partial charge in [0.15, 0.2) is 0 Å². The first-order chi connectivity index (χ1) is 13.7. The maximum absolute atomic E-state index is 6.33. The largest absolute Gasteiger partial charge is 0.328 e. The highest BCUT2D eigenvalue weighted by molar-refractivity contribution is 5.49. The molecule has 3 heteroatoms. The number of benzene rings is 3. The summed E-state index contributed by atoms with van der Waals surface area (Å²) in [5.74, 6) is 0. The molecule has 3 nitrogen and oxygen atoms in total. The molecule has 0 spiro atoms. The van der Waals surface area contributed by atoms with Crippen LogP contribution in [-0.4, -0.2) is 18.1 Å². The van der Waals surface area contributed by atoms with E-state index in [1.54, 1.807) is 0 Å². The molecule has 1 saturated carbocycles. The zero-order valence-corrected chi connectivity index (χ0v) is 16.2. The Bertz CT molecular complexity index is 757. The van der Waals surface area contributed by atoms with Crippen LogP contribution >= 0.6 is 0 Å². The molecule has 1 aliphatic carbocycles. The van der Waals surface area contributed by atoms with Crippen LogP contribution in [0.5, 0.6) is 0 Å². The molecule has 5 N–H and O–H groups in total. The van der Waals surface area contributed by atoms with E-state index < -0.39 is 5.54 Å². The molecule has 0 amide bonds.